The smallest absolute Gasteiger partial charge is 0.269 e. The van der Waals surface area contributed by atoms with E-state index < -0.39 is 129 Å². The van der Waals surface area contributed by atoms with Crippen molar-refractivity contribution in [1.82, 2.24) is 10.6 Å². The number of nitro groups is 1. The van der Waals surface area contributed by atoms with Crippen LogP contribution in [0.25, 0.3) is 0 Å². The lowest BCUT2D eigenvalue weighted by molar-refractivity contribution is -0.384. The standard InChI is InChI=1S/C28H41N3O18/c1-10(35)29-17-20(38)24(15(8-33)46-26(17)44-13-5-3-12(4-6-13)31(42)43)48-27-18(30-11(2)36)21(39)25(16(9-34)47-27)49-28-23(41)22(40)19(37)14(7-32)45-28/h3-6,14-28,32-34,37-41H,7-9H2,1-2H3,(H,29,35)(H,30,36)/t14-,15-,16-,17-,18-,19-,20-,21-,22+,23+,24-,25-,26-,27+,28+/m1/s1. The summed E-state index contributed by atoms with van der Waals surface area (Å²) < 4.78 is 34.4. The highest BCUT2D eigenvalue weighted by Gasteiger charge is 2.54. The average molecular weight is 708 g/mol. The molecule has 1 aromatic rings. The third-order valence-corrected chi connectivity index (χ3v) is 8.18. The van der Waals surface area contributed by atoms with Crippen LogP contribution in [0.15, 0.2) is 24.3 Å². The number of carbonyl (C=O) groups is 2. The van der Waals surface area contributed by atoms with E-state index in [1.165, 1.54) is 12.1 Å². The van der Waals surface area contributed by atoms with Crippen molar-refractivity contribution < 1.29 is 83.8 Å². The first-order valence-electron chi connectivity index (χ1n) is 15.2. The zero-order valence-corrected chi connectivity index (χ0v) is 26.2. The van der Waals surface area contributed by atoms with Crippen LogP contribution in [-0.2, 0) is 33.3 Å². The lowest BCUT2D eigenvalue weighted by Gasteiger charge is -2.49. The summed E-state index contributed by atoms with van der Waals surface area (Å²) in [5.41, 5.74) is -0.234. The number of aliphatic hydroxyl groups excluding tert-OH is 8. The van der Waals surface area contributed by atoms with E-state index in [4.69, 9.17) is 28.4 Å². The summed E-state index contributed by atoms with van der Waals surface area (Å²) in [6.45, 7) is -0.213. The molecule has 0 radical (unpaired) electrons. The van der Waals surface area contributed by atoms with E-state index in [1.807, 2.05) is 0 Å². The number of amides is 2. The molecule has 1 aromatic carbocycles. The molecule has 3 saturated heterocycles. The molecule has 0 spiro atoms. The minimum atomic E-state index is -1.88. The number of non-ortho nitro benzene ring substituents is 1. The highest BCUT2D eigenvalue weighted by molar-refractivity contribution is 5.73. The van der Waals surface area contributed by atoms with Gasteiger partial charge in [0.15, 0.2) is 12.6 Å². The highest BCUT2D eigenvalue weighted by atomic mass is 16.8. The number of rotatable bonds is 12. The minimum absolute atomic E-state index is 0.0508. The molecule has 276 valence electrons. The highest BCUT2D eigenvalue weighted by Crippen LogP contribution is 2.33. The van der Waals surface area contributed by atoms with E-state index in [0.717, 1.165) is 26.0 Å². The molecular formula is C28H41N3O18. The predicted molar refractivity (Wildman–Crippen MR) is 156 cm³/mol. The zero-order chi connectivity index (χ0) is 36.2. The second-order valence-electron chi connectivity index (χ2n) is 11.7. The summed E-state index contributed by atoms with van der Waals surface area (Å²) in [7, 11) is 0. The van der Waals surface area contributed by atoms with Crippen molar-refractivity contribution in [3.05, 3.63) is 34.4 Å². The van der Waals surface area contributed by atoms with Gasteiger partial charge in [0, 0.05) is 26.0 Å². The van der Waals surface area contributed by atoms with E-state index >= 15 is 0 Å². The molecule has 0 aromatic heterocycles. The van der Waals surface area contributed by atoms with Crippen LogP contribution in [0.3, 0.4) is 0 Å². The van der Waals surface area contributed by atoms with Crippen LogP contribution in [0.1, 0.15) is 13.8 Å². The number of nitrogens with zero attached hydrogens (tertiary/aromatic N) is 1. The molecule has 21 heteroatoms. The Kier molecular flexibility index (Phi) is 13.2. The fourth-order valence-electron chi connectivity index (χ4n) is 5.73. The molecule has 0 aliphatic carbocycles. The lowest BCUT2D eigenvalue weighted by atomic mass is 9.94. The molecule has 3 aliphatic heterocycles. The van der Waals surface area contributed by atoms with Gasteiger partial charge < -0.3 is 79.9 Å². The first kappa shape index (κ1) is 38.6. The Morgan fingerprint density at radius 2 is 1.14 bits per heavy atom. The summed E-state index contributed by atoms with van der Waals surface area (Å²) in [5, 5.41) is 99.3. The zero-order valence-electron chi connectivity index (χ0n) is 26.2. The van der Waals surface area contributed by atoms with Crippen molar-refractivity contribution in [2.24, 2.45) is 0 Å². The van der Waals surface area contributed by atoms with E-state index in [9.17, 15) is 60.6 Å². The van der Waals surface area contributed by atoms with E-state index in [1.54, 1.807) is 0 Å². The molecule has 3 aliphatic rings. The maximum atomic E-state index is 12.2. The topological polar surface area (TPSA) is 319 Å². The fourth-order valence-corrected chi connectivity index (χ4v) is 5.73. The van der Waals surface area contributed by atoms with Crippen molar-refractivity contribution in [2.45, 2.75) is 106 Å². The largest absolute Gasteiger partial charge is 0.463 e. The number of hydrogen-bond acceptors (Lipinski definition) is 18. The SMILES string of the molecule is CC(=O)N[C@H]1[C@H](O[C@H]2[C@H](O)[C@@H](NC(C)=O)[C@H](Oc3ccc([N+](=O)[O-])cc3)O[C@@H]2CO)O[C@H](CO)[C@@H](O[C@@H]2O[C@H](CO)[C@@H](O)[C@H](O)[C@@H]2O)[C@@H]1O. The van der Waals surface area contributed by atoms with Crippen LogP contribution in [0.5, 0.6) is 5.75 Å². The Morgan fingerprint density at radius 3 is 1.61 bits per heavy atom. The molecule has 49 heavy (non-hydrogen) atoms. The number of aliphatic hydroxyl groups is 8. The number of hydrogen-bond donors (Lipinski definition) is 10. The third kappa shape index (κ3) is 8.78. The number of nitrogens with one attached hydrogen (secondary N) is 2. The number of carbonyl (C=O) groups excluding carboxylic acids is 2. The normalized spacial score (nSPS) is 39.5. The van der Waals surface area contributed by atoms with Crippen LogP contribution < -0.4 is 15.4 Å². The maximum Gasteiger partial charge on any atom is 0.269 e. The maximum absolute atomic E-state index is 12.2. The summed E-state index contributed by atoms with van der Waals surface area (Å²) >= 11 is 0. The number of nitro benzene ring substituents is 1. The molecule has 21 nitrogen and oxygen atoms in total. The Hall–Kier alpha value is -3.16. The lowest BCUT2D eigenvalue weighted by Crippen LogP contribution is -2.70. The first-order valence-corrected chi connectivity index (χ1v) is 15.2. The van der Waals surface area contributed by atoms with Gasteiger partial charge in [0.25, 0.3) is 5.69 Å². The van der Waals surface area contributed by atoms with Crippen LogP contribution in [0, 0.1) is 10.1 Å². The van der Waals surface area contributed by atoms with Gasteiger partial charge in [-0.25, -0.2) is 0 Å². The van der Waals surface area contributed by atoms with Crippen LogP contribution in [0.4, 0.5) is 5.69 Å². The van der Waals surface area contributed by atoms with Gasteiger partial charge in [-0.05, 0) is 12.1 Å². The van der Waals surface area contributed by atoms with Crippen LogP contribution in [-0.4, -0.2) is 169 Å². The molecule has 3 heterocycles. The Morgan fingerprint density at radius 1 is 0.694 bits per heavy atom. The molecule has 10 N–H and O–H groups in total. The van der Waals surface area contributed by atoms with Gasteiger partial charge in [-0.1, -0.05) is 0 Å². The van der Waals surface area contributed by atoms with Crippen molar-refractivity contribution in [3.63, 3.8) is 0 Å². The molecule has 2 amide bonds. The Bertz CT molecular complexity index is 1270. The molecule has 0 bridgehead atoms. The molecule has 3 fully saturated rings. The van der Waals surface area contributed by atoms with Gasteiger partial charge in [-0.3, -0.25) is 19.7 Å². The average Bonchev–Trinajstić information content (AvgIpc) is 3.06. The molecule has 15 atom stereocenters. The monoisotopic (exact) mass is 707 g/mol. The van der Waals surface area contributed by atoms with Gasteiger partial charge in [-0.15, -0.1) is 0 Å². The molecule has 0 unspecified atom stereocenters. The predicted octanol–water partition coefficient (Wildman–Crippen LogP) is -5.29. The van der Waals surface area contributed by atoms with Crippen LogP contribution in [0.2, 0.25) is 0 Å². The summed E-state index contributed by atoms with van der Waals surface area (Å²) in [6.07, 6.45) is -21.3. The minimum Gasteiger partial charge on any atom is -0.463 e. The van der Waals surface area contributed by atoms with Gasteiger partial charge in [0.1, 0.15) is 78.9 Å². The number of benzene rings is 1. The van der Waals surface area contributed by atoms with Gasteiger partial charge in [-0.2, -0.15) is 0 Å². The van der Waals surface area contributed by atoms with Gasteiger partial charge in [0.2, 0.25) is 18.1 Å². The fraction of sp³-hybridized carbons (Fsp3) is 0.714. The van der Waals surface area contributed by atoms with E-state index in [2.05, 4.69) is 10.6 Å². The second-order valence-corrected chi connectivity index (χ2v) is 11.7. The summed E-state index contributed by atoms with van der Waals surface area (Å²) in [4.78, 5) is 34.7. The van der Waals surface area contributed by atoms with E-state index in [-0.39, 0.29) is 11.4 Å². The first-order chi connectivity index (χ1) is 23.2. The van der Waals surface area contributed by atoms with Crippen molar-refractivity contribution >= 4 is 17.5 Å². The van der Waals surface area contributed by atoms with Crippen LogP contribution >= 0.6 is 0 Å². The third-order valence-electron chi connectivity index (χ3n) is 8.18. The van der Waals surface area contributed by atoms with E-state index in [0.29, 0.717) is 0 Å². The van der Waals surface area contributed by atoms with Crippen molar-refractivity contribution in [1.29, 1.82) is 0 Å². The quantitative estimate of drug-likeness (QED) is 0.0716. The van der Waals surface area contributed by atoms with Gasteiger partial charge in [0.05, 0.1) is 24.7 Å². The Balaban J connectivity index is 1.57. The second kappa shape index (κ2) is 16.7. The summed E-state index contributed by atoms with van der Waals surface area (Å²) in [5.74, 6) is -1.29. The van der Waals surface area contributed by atoms with Gasteiger partial charge >= 0.3 is 0 Å². The number of ether oxygens (including phenoxy) is 6. The molecule has 4 rings (SSSR count). The molecular weight excluding hydrogens is 666 g/mol. The Labute approximate surface area is 278 Å². The summed E-state index contributed by atoms with van der Waals surface area (Å²) in [6, 6.07) is 1.89. The van der Waals surface area contributed by atoms with Crippen molar-refractivity contribution in [2.75, 3.05) is 19.8 Å². The molecule has 0 saturated carbocycles. The van der Waals surface area contributed by atoms with Crippen molar-refractivity contribution in [3.8, 4) is 5.75 Å².